The fraction of sp³-hybridized carbons (Fsp3) is 0.895. The van der Waals surface area contributed by atoms with Crippen LogP contribution in [0.5, 0.6) is 0 Å². The Bertz CT molecular complexity index is 473. The second-order valence-electron chi connectivity index (χ2n) is 7.91. The summed E-state index contributed by atoms with van der Waals surface area (Å²) >= 11 is 0. The maximum atomic E-state index is 12.6. The number of piperidine rings is 1. The van der Waals surface area contributed by atoms with E-state index in [1.54, 1.807) is 4.90 Å². The fourth-order valence-corrected chi connectivity index (χ4v) is 4.22. The van der Waals surface area contributed by atoms with Gasteiger partial charge in [-0.25, -0.2) is 4.79 Å². The zero-order valence-electron chi connectivity index (χ0n) is 16.1. The molecule has 0 aromatic heterocycles. The highest BCUT2D eigenvalue weighted by molar-refractivity contribution is 5.84. The number of amides is 3. The van der Waals surface area contributed by atoms with Gasteiger partial charge in [0.1, 0.15) is 6.54 Å². The summed E-state index contributed by atoms with van der Waals surface area (Å²) in [5.41, 5.74) is 0. The first kappa shape index (κ1) is 19.4. The lowest BCUT2D eigenvalue weighted by molar-refractivity contribution is -0.130. The van der Waals surface area contributed by atoms with Crippen LogP contribution in [-0.4, -0.2) is 91.7 Å². The second kappa shape index (κ2) is 9.55. The number of nitrogens with one attached hydrogen (secondary N) is 1. The minimum Gasteiger partial charge on any atom is -0.381 e. The minimum atomic E-state index is -0.0701. The van der Waals surface area contributed by atoms with E-state index in [2.05, 4.69) is 17.1 Å². The molecule has 1 atom stereocenters. The number of urea groups is 1. The van der Waals surface area contributed by atoms with E-state index in [1.165, 1.54) is 6.42 Å². The summed E-state index contributed by atoms with van der Waals surface area (Å²) in [6, 6.07) is 0.156. The van der Waals surface area contributed by atoms with Crippen molar-refractivity contribution in [1.29, 1.82) is 0 Å². The molecular weight excluding hydrogens is 332 g/mol. The van der Waals surface area contributed by atoms with E-state index in [0.29, 0.717) is 12.5 Å². The molecule has 3 aliphatic heterocycles. The maximum Gasteiger partial charge on any atom is 0.318 e. The highest BCUT2D eigenvalue weighted by atomic mass is 16.5. The van der Waals surface area contributed by atoms with E-state index in [0.717, 1.165) is 71.6 Å². The van der Waals surface area contributed by atoms with Gasteiger partial charge in [0, 0.05) is 51.9 Å². The van der Waals surface area contributed by atoms with Gasteiger partial charge in [-0.3, -0.25) is 4.79 Å². The van der Waals surface area contributed by atoms with Crippen molar-refractivity contribution in [3.8, 4) is 0 Å². The summed E-state index contributed by atoms with van der Waals surface area (Å²) in [6.07, 6.45) is 4.98. The predicted octanol–water partition coefficient (Wildman–Crippen LogP) is 1.14. The van der Waals surface area contributed by atoms with Crippen LogP contribution in [0.2, 0.25) is 0 Å². The lowest BCUT2D eigenvalue weighted by Crippen LogP contribution is -2.51. The molecule has 0 aromatic carbocycles. The van der Waals surface area contributed by atoms with Gasteiger partial charge in [0.15, 0.2) is 0 Å². The Morgan fingerprint density at radius 2 is 2.00 bits per heavy atom. The lowest BCUT2D eigenvalue weighted by Gasteiger charge is -2.34. The van der Waals surface area contributed by atoms with Crippen LogP contribution in [0.25, 0.3) is 0 Å². The van der Waals surface area contributed by atoms with Crippen molar-refractivity contribution in [1.82, 2.24) is 20.0 Å². The van der Waals surface area contributed by atoms with Crippen molar-refractivity contribution in [3.63, 3.8) is 0 Å². The van der Waals surface area contributed by atoms with Gasteiger partial charge in [-0.1, -0.05) is 6.92 Å². The third-order valence-corrected chi connectivity index (χ3v) is 5.77. The third kappa shape index (κ3) is 5.33. The maximum absolute atomic E-state index is 12.6. The zero-order valence-corrected chi connectivity index (χ0v) is 16.1. The average Bonchev–Trinajstić information content (AvgIpc) is 3.07. The Morgan fingerprint density at radius 3 is 2.69 bits per heavy atom. The van der Waals surface area contributed by atoms with Crippen molar-refractivity contribution in [2.45, 2.75) is 45.1 Å². The number of ether oxygens (including phenoxy) is 1. The van der Waals surface area contributed by atoms with Gasteiger partial charge in [-0.05, 0) is 38.0 Å². The summed E-state index contributed by atoms with van der Waals surface area (Å²) in [7, 11) is 0. The highest BCUT2D eigenvalue weighted by Crippen LogP contribution is 2.18. The number of nitrogens with zero attached hydrogens (tertiary/aromatic N) is 3. The molecule has 0 aromatic rings. The molecule has 3 rings (SSSR count). The molecule has 3 saturated heterocycles. The molecule has 0 spiro atoms. The van der Waals surface area contributed by atoms with Crippen molar-refractivity contribution >= 4 is 11.9 Å². The van der Waals surface area contributed by atoms with Gasteiger partial charge >= 0.3 is 6.03 Å². The molecule has 3 amide bonds. The number of carbonyl (C=O) groups excluding carboxylic acids is 2. The smallest absolute Gasteiger partial charge is 0.318 e. The number of likely N-dealkylation sites (tertiary alicyclic amines) is 1. The van der Waals surface area contributed by atoms with Gasteiger partial charge in [0.05, 0.1) is 6.61 Å². The summed E-state index contributed by atoms with van der Waals surface area (Å²) in [4.78, 5) is 31.0. The number of rotatable bonds is 5. The quantitative estimate of drug-likeness (QED) is 0.793. The van der Waals surface area contributed by atoms with Crippen molar-refractivity contribution < 1.29 is 14.3 Å². The van der Waals surface area contributed by atoms with Crippen LogP contribution in [-0.2, 0) is 9.53 Å². The SMILES string of the molecule is CCCN1CCCN(C(=O)NC2CCN(CC3CCOC3)CC2)CC1=O. The van der Waals surface area contributed by atoms with E-state index in [9.17, 15) is 9.59 Å². The molecule has 3 heterocycles. The first-order chi connectivity index (χ1) is 12.7. The van der Waals surface area contributed by atoms with Crippen LogP contribution < -0.4 is 5.32 Å². The van der Waals surface area contributed by atoms with Crippen LogP contribution in [0.1, 0.15) is 39.0 Å². The van der Waals surface area contributed by atoms with Gasteiger partial charge in [-0.15, -0.1) is 0 Å². The zero-order chi connectivity index (χ0) is 18.4. The van der Waals surface area contributed by atoms with E-state index in [1.807, 2.05) is 4.90 Å². The standard InChI is InChI=1S/C19H34N4O3/c1-2-7-22-8-3-9-23(14-18(22)24)19(25)20-17-4-10-21(11-5-17)13-16-6-12-26-15-16/h16-17H,2-15H2,1H3,(H,20,25). The number of carbonyl (C=O) groups is 2. The van der Waals surface area contributed by atoms with Crippen LogP contribution in [0.3, 0.4) is 0 Å². The second-order valence-corrected chi connectivity index (χ2v) is 7.91. The van der Waals surface area contributed by atoms with Crippen LogP contribution in [0, 0.1) is 5.92 Å². The van der Waals surface area contributed by atoms with Crippen molar-refractivity contribution in [3.05, 3.63) is 0 Å². The molecule has 1 unspecified atom stereocenters. The molecule has 0 radical (unpaired) electrons. The topological polar surface area (TPSA) is 65.1 Å². The van der Waals surface area contributed by atoms with Crippen LogP contribution in [0.4, 0.5) is 4.79 Å². The van der Waals surface area contributed by atoms with E-state index in [-0.39, 0.29) is 24.5 Å². The molecule has 0 saturated carbocycles. The monoisotopic (exact) mass is 366 g/mol. The van der Waals surface area contributed by atoms with E-state index in [4.69, 9.17) is 4.74 Å². The summed E-state index contributed by atoms with van der Waals surface area (Å²) < 4.78 is 5.46. The largest absolute Gasteiger partial charge is 0.381 e. The molecule has 3 fully saturated rings. The predicted molar refractivity (Wildman–Crippen MR) is 100.0 cm³/mol. The van der Waals surface area contributed by atoms with E-state index < -0.39 is 0 Å². The van der Waals surface area contributed by atoms with Crippen LogP contribution >= 0.6 is 0 Å². The molecule has 148 valence electrons. The van der Waals surface area contributed by atoms with Gasteiger partial charge in [-0.2, -0.15) is 0 Å². The molecule has 0 bridgehead atoms. The highest BCUT2D eigenvalue weighted by Gasteiger charge is 2.28. The Kier molecular flexibility index (Phi) is 7.14. The number of hydrogen-bond acceptors (Lipinski definition) is 4. The van der Waals surface area contributed by atoms with Crippen molar-refractivity contribution in [2.75, 3.05) is 59.0 Å². The number of hydrogen-bond donors (Lipinski definition) is 1. The Morgan fingerprint density at radius 1 is 1.19 bits per heavy atom. The molecule has 7 heteroatoms. The minimum absolute atomic E-state index is 0.0701. The molecule has 7 nitrogen and oxygen atoms in total. The average molecular weight is 367 g/mol. The summed E-state index contributed by atoms with van der Waals surface area (Å²) in [5, 5.41) is 3.16. The van der Waals surface area contributed by atoms with Gasteiger partial charge < -0.3 is 24.8 Å². The van der Waals surface area contributed by atoms with Gasteiger partial charge in [0.2, 0.25) is 5.91 Å². The summed E-state index contributed by atoms with van der Waals surface area (Å²) in [5.74, 6) is 0.753. The molecular formula is C19H34N4O3. The van der Waals surface area contributed by atoms with Gasteiger partial charge in [0.25, 0.3) is 0 Å². The Hall–Kier alpha value is -1.34. The molecule has 0 aliphatic carbocycles. The normalized spacial score (nSPS) is 26.2. The first-order valence-electron chi connectivity index (χ1n) is 10.3. The molecule has 1 N–H and O–H groups in total. The van der Waals surface area contributed by atoms with Crippen molar-refractivity contribution in [2.24, 2.45) is 5.92 Å². The molecule has 3 aliphatic rings. The first-order valence-corrected chi connectivity index (χ1v) is 10.3. The lowest BCUT2D eigenvalue weighted by atomic mass is 10.0. The van der Waals surface area contributed by atoms with E-state index >= 15 is 0 Å². The summed E-state index contributed by atoms with van der Waals surface area (Å²) in [6.45, 7) is 9.50. The Labute approximate surface area is 157 Å². The van der Waals surface area contributed by atoms with Crippen LogP contribution in [0.15, 0.2) is 0 Å². The molecule has 26 heavy (non-hydrogen) atoms. The fourth-order valence-electron chi connectivity index (χ4n) is 4.22. The Balaban J connectivity index is 1.40. The third-order valence-electron chi connectivity index (χ3n) is 5.77.